The summed E-state index contributed by atoms with van der Waals surface area (Å²) in [5, 5.41) is 5.63. The van der Waals surface area contributed by atoms with Crippen LogP contribution in [0.25, 0.3) is 0 Å². The Labute approximate surface area is 84.9 Å². The third-order valence-corrected chi connectivity index (χ3v) is 2.90. The number of carbonyl (C=O) groups excluding carboxylic acids is 1. The normalized spacial score (nSPS) is 22.9. The van der Waals surface area contributed by atoms with Gasteiger partial charge in [-0.3, -0.25) is 0 Å². The van der Waals surface area contributed by atoms with Gasteiger partial charge in [0.15, 0.2) is 0 Å². The Morgan fingerprint density at radius 2 is 1.86 bits per heavy atom. The third kappa shape index (κ3) is 3.05. The quantitative estimate of drug-likeness (QED) is 0.710. The number of rotatable bonds is 3. The van der Waals surface area contributed by atoms with E-state index in [1.54, 1.807) is 6.20 Å². The van der Waals surface area contributed by atoms with Crippen LogP contribution in [0.2, 0.25) is 0 Å². The summed E-state index contributed by atoms with van der Waals surface area (Å²) in [4.78, 5) is 11.2. The highest BCUT2D eigenvalue weighted by atomic mass is 16.2. The van der Waals surface area contributed by atoms with Gasteiger partial charge < -0.3 is 10.6 Å². The number of nitrogens with one attached hydrogen (secondary N) is 2. The van der Waals surface area contributed by atoms with Gasteiger partial charge in [-0.25, -0.2) is 4.79 Å². The van der Waals surface area contributed by atoms with Crippen molar-refractivity contribution in [2.24, 2.45) is 5.92 Å². The first-order chi connectivity index (χ1) is 6.84. The summed E-state index contributed by atoms with van der Waals surface area (Å²) < 4.78 is 0. The lowest BCUT2D eigenvalue weighted by Crippen LogP contribution is -2.33. The van der Waals surface area contributed by atoms with Gasteiger partial charge in [0.2, 0.25) is 0 Å². The molecule has 0 spiro atoms. The molecule has 14 heavy (non-hydrogen) atoms. The molecule has 0 aromatic rings. The second kappa shape index (κ2) is 4.49. The fraction of sp³-hybridized carbons (Fsp3) is 0.727. The molecule has 0 aromatic heterocycles. The fourth-order valence-corrected chi connectivity index (χ4v) is 1.86. The van der Waals surface area contributed by atoms with Crippen LogP contribution in [0.4, 0.5) is 4.79 Å². The molecule has 78 valence electrons. The van der Waals surface area contributed by atoms with Crippen molar-refractivity contribution < 1.29 is 4.79 Å². The number of hydrogen-bond acceptors (Lipinski definition) is 1. The summed E-state index contributed by atoms with van der Waals surface area (Å²) in [6.45, 7) is 0. The molecule has 0 radical (unpaired) electrons. The highest BCUT2D eigenvalue weighted by Crippen LogP contribution is 2.25. The van der Waals surface area contributed by atoms with Gasteiger partial charge in [-0.1, -0.05) is 18.9 Å². The van der Waals surface area contributed by atoms with Crippen molar-refractivity contribution >= 4 is 6.03 Å². The first-order valence-electron chi connectivity index (χ1n) is 5.58. The van der Waals surface area contributed by atoms with E-state index in [1.807, 2.05) is 0 Å². The molecule has 2 saturated carbocycles. The summed E-state index contributed by atoms with van der Waals surface area (Å²) in [6.07, 6.45) is 11.4. The van der Waals surface area contributed by atoms with E-state index in [2.05, 4.69) is 16.7 Å². The highest BCUT2D eigenvalue weighted by molar-refractivity contribution is 5.75. The number of allylic oxidation sites excluding steroid dienone is 1. The summed E-state index contributed by atoms with van der Waals surface area (Å²) in [5.41, 5.74) is 0. The van der Waals surface area contributed by atoms with E-state index in [0.717, 1.165) is 12.8 Å². The zero-order valence-corrected chi connectivity index (χ0v) is 8.46. The van der Waals surface area contributed by atoms with Crippen LogP contribution in [-0.4, -0.2) is 12.1 Å². The average Bonchev–Trinajstić information content (AvgIpc) is 2.82. The monoisotopic (exact) mass is 194 g/mol. The predicted octanol–water partition coefficient (Wildman–Crippen LogP) is 2.15. The molecule has 2 aliphatic rings. The average molecular weight is 194 g/mol. The Hall–Kier alpha value is -0.990. The minimum atomic E-state index is -0.0539. The van der Waals surface area contributed by atoms with Gasteiger partial charge in [-0.15, -0.1) is 0 Å². The van der Waals surface area contributed by atoms with Gasteiger partial charge in [-0.2, -0.15) is 0 Å². The second-order valence-corrected chi connectivity index (χ2v) is 4.30. The van der Waals surface area contributed by atoms with E-state index in [4.69, 9.17) is 0 Å². The van der Waals surface area contributed by atoms with Crippen LogP contribution in [0.15, 0.2) is 12.3 Å². The summed E-state index contributed by atoms with van der Waals surface area (Å²) in [6, 6.07) is 0.386. The third-order valence-electron chi connectivity index (χ3n) is 2.90. The molecule has 0 aromatic carbocycles. The molecule has 0 heterocycles. The molecular weight excluding hydrogens is 176 g/mol. The van der Waals surface area contributed by atoms with E-state index in [-0.39, 0.29) is 6.03 Å². The van der Waals surface area contributed by atoms with Crippen molar-refractivity contribution in [1.82, 2.24) is 10.6 Å². The lowest BCUT2D eigenvalue weighted by atomic mass is 10.1. The standard InChI is InChI=1S/C11H18N2O/c14-11(13-10-5-6-10)12-8-7-9-3-1-2-4-9/h7-10H,1-6H2,(H2,12,13,14)/b8-7+. The Balaban J connectivity index is 1.61. The van der Waals surface area contributed by atoms with Gasteiger partial charge in [0.25, 0.3) is 0 Å². The molecular formula is C11H18N2O. The maximum Gasteiger partial charge on any atom is 0.318 e. The van der Waals surface area contributed by atoms with Crippen LogP contribution in [0.5, 0.6) is 0 Å². The van der Waals surface area contributed by atoms with Crippen LogP contribution in [0.3, 0.4) is 0 Å². The predicted molar refractivity (Wildman–Crippen MR) is 55.8 cm³/mol. The lowest BCUT2D eigenvalue weighted by molar-refractivity contribution is 0.243. The smallest absolute Gasteiger partial charge is 0.318 e. The van der Waals surface area contributed by atoms with Crippen molar-refractivity contribution in [1.29, 1.82) is 0 Å². The Kier molecular flexibility index (Phi) is 3.07. The molecule has 0 saturated heterocycles. The van der Waals surface area contributed by atoms with Crippen LogP contribution in [0, 0.1) is 5.92 Å². The van der Waals surface area contributed by atoms with Crippen LogP contribution >= 0.6 is 0 Å². The first-order valence-corrected chi connectivity index (χ1v) is 5.58. The van der Waals surface area contributed by atoms with Gasteiger partial charge in [-0.05, 0) is 31.6 Å². The molecule has 2 amide bonds. The van der Waals surface area contributed by atoms with Gasteiger partial charge in [0.05, 0.1) is 0 Å². The zero-order chi connectivity index (χ0) is 9.80. The van der Waals surface area contributed by atoms with Crippen molar-refractivity contribution in [2.75, 3.05) is 0 Å². The minimum Gasteiger partial charge on any atom is -0.335 e. The topological polar surface area (TPSA) is 41.1 Å². The van der Waals surface area contributed by atoms with E-state index < -0.39 is 0 Å². The SMILES string of the molecule is O=C(N/C=C/C1CCCC1)NC1CC1. The Bertz CT molecular complexity index is 227. The minimum absolute atomic E-state index is 0.0539. The molecule has 2 N–H and O–H groups in total. The molecule has 0 bridgehead atoms. The lowest BCUT2D eigenvalue weighted by Gasteiger charge is -2.03. The molecule has 0 aliphatic heterocycles. The molecule has 2 aliphatic carbocycles. The Morgan fingerprint density at radius 3 is 2.50 bits per heavy atom. The van der Waals surface area contributed by atoms with Crippen LogP contribution in [-0.2, 0) is 0 Å². The largest absolute Gasteiger partial charge is 0.335 e. The zero-order valence-electron chi connectivity index (χ0n) is 8.46. The number of hydrogen-bond donors (Lipinski definition) is 2. The van der Waals surface area contributed by atoms with Gasteiger partial charge in [0, 0.05) is 12.2 Å². The summed E-state index contributed by atoms with van der Waals surface area (Å²) >= 11 is 0. The number of amides is 2. The van der Waals surface area contributed by atoms with E-state index >= 15 is 0 Å². The second-order valence-electron chi connectivity index (χ2n) is 4.30. The maximum atomic E-state index is 11.2. The maximum absolute atomic E-state index is 11.2. The molecule has 3 nitrogen and oxygen atoms in total. The molecule has 2 fully saturated rings. The number of carbonyl (C=O) groups is 1. The van der Waals surface area contributed by atoms with Crippen LogP contribution in [0.1, 0.15) is 38.5 Å². The molecule has 3 heteroatoms. The Morgan fingerprint density at radius 1 is 1.14 bits per heavy atom. The first kappa shape index (κ1) is 9.56. The van der Waals surface area contributed by atoms with Gasteiger partial charge in [0.1, 0.15) is 0 Å². The molecule has 0 atom stereocenters. The van der Waals surface area contributed by atoms with Gasteiger partial charge >= 0.3 is 6.03 Å². The van der Waals surface area contributed by atoms with E-state index in [1.165, 1.54) is 25.7 Å². The van der Waals surface area contributed by atoms with E-state index in [9.17, 15) is 4.79 Å². The number of urea groups is 1. The highest BCUT2D eigenvalue weighted by Gasteiger charge is 2.22. The van der Waals surface area contributed by atoms with Crippen molar-refractivity contribution in [3.05, 3.63) is 12.3 Å². The van der Waals surface area contributed by atoms with Crippen molar-refractivity contribution in [2.45, 2.75) is 44.6 Å². The molecule has 2 rings (SSSR count). The van der Waals surface area contributed by atoms with Crippen molar-refractivity contribution in [3.8, 4) is 0 Å². The molecule has 0 unspecified atom stereocenters. The fourth-order valence-electron chi connectivity index (χ4n) is 1.86. The summed E-state index contributed by atoms with van der Waals surface area (Å²) in [5.74, 6) is 0.691. The summed E-state index contributed by atoms with van der Waals surface area (Å²) in [7, 11) is 0. The van der Waals surface area contributed by atoms with Crippen molar-refractivity contribution in [3.63, 3.8) is 0 Å². The van der Waals surface area contributed by atoms with E-state index in [0.29, 0.717) is 12.0 Å². The van der Waals surface area contributed by atoms with Crippen LogP contribution < -0.4 is 10.6 Å².